The van der Waals surface area contributed by atoms with Gasteiger partial charge < -0.3 is 13.7 Å². The van der Waals surface area contributed by atoms with Crippen molar-refractivity contribution in [2.45, 2.75) is 0 Å². The van der Waals surface area contributed by atoms with E-state index in [-0.39, 0.29) is 0 Å². The fourth-order valence-corrected chi connectivity index (χ4v) is 9.29. The molecule has 0 bridgehead atoms. The molecule has 0 aliphatic rings. The van der Waals surface area contributed by atoms with Crippen LogP contribution in [0.1, 0.15) is 0 Å². The number of para-hydroxylation sites is 1. The number of anilines is 3. The summed E-state index contributed by atoms with van der Waals surface area (Å²) >= 11 is 0. The smallest absolute Gasteiger partial charge is 0.145 e. The zero-order valence-electron chi connectivity index (χ0n) is 34.3. The van der Waals surface area contributed by atoms with Crippen LogP contribution in [0.3, 0.4) is 0 Å². The lowest BCUT2D eigenvalue weighted by molar-refractivity contribution is 0.669. The van der Waals surface area contributed by atoms with Crippen LogP contribution in [0.4, 0.5) is 17.1 Å². The standard InChI is InChI=1S/C60H39NO2/c1-6-17-40(18-7-1)45-29-32-51-53-39-47(31-36-55(53)62-56(51)37-45)61(59-48(42-21-10-3-11-22-42)27-16-28-49(59)43-23-12-4-13-24-43)54-35-34-50(44-25-14-5-15-26-44)60-58(54)52-33-30-46(38-57(52)63-60)41-19-8-2-9-20-41/h1-39H. The van der Waals surface area contributed by atoms with Gasteiger partial charge in [0.15, 0.2) is 0 Å². The van der Waals surface area contributed by atoms with Crippen molar-refractivity contribution >= 4 is 60.9 Å². The summed E-state index contributed by atoms with van der Waals surface area (Å²) < 4.78 is 13.8. The molecule has 0 aliphatic carbocycles. The fraction of sp³-hybridized carbons (Fsp3) is 0. The van der Waals surface area contributed by atoms with Gasteiger partial charge in [-0.3, -0.25) is 0 Å². The minimum atomic E-state index is 0.834. The van der Waals surface area contributed by atoms with E-state index in [4.69, 9.17) is 8.83 Å². The highest BCUT2D eigenvalue weighted by Crippen LogP contribution is 2.52. The van der Waals surface area contributed by atoms with Gasteiger partial charge in [0.05, 0.1) is 16.8 Å². The monoisotopic (exact) mass is 805 g/mol. The third-order valence-electron chi connectivity index (χ3n) is 12.3. The van der Waals surface area contributed by atoms with Gasteiger partial charge in [-0.15, -0.1) is 0 Å². The van der Waals surface area contributed by atoms with Gasteiger partial charge in [-0.1, -0.05) is 182 Å². The van der Waals surface area contributed by atoms with Crippen molar-refractivity contribution < 1.29 is 8.83 Å². The van der Waals surface area contributed by atoms with Crippen molar-refractivity contribution in [3.8, 4) is 55.6 Å². The van der Waals surface area contributed by atoms with Crippen LogP contribution in [0.5, 0.6) is 0 Å². The highest BCUT2D eigenvalue weighted by atomic mass is 16.3. The Morgan fingerprint density at radius 1 is 0.286 bits per heavy atom. The number of nitrogens with zero attached hydrogens (tertiary/aromatic N) is 1. The first-order chi connectivity index (χ1) is 31.2. The van der Waals surface area contributed by atoms with Gasteiger partial charge in [0.1, 0.15) is 22.3 Å². The second kappa shape index (κ2) is 15.3. The second-order valence-electron chi connectivity index (χ2n) is 16.0. The van der Waals surface area contributed by atoms with Crippen LogP contribution in [0.25, 0.3) is 99.5 Å². The molecule has 0 aliphatic heterocycles. The SMILES string of the molecule is c1ccc(-c2ccc3c(c2)oc2ccc(N(c4c(-c5ccccc5)cccc4-c4ccccc4)c4ccc(-c5ccccc5)c5oc6cc(-c7ccccc7)ccc6c45)cc23)cc1. The van der Waals surface area contributed by atoms with Crippen LogP contribution in [0.15, 0.2) is 245 Å². The van der Waals surface area contributed by atoms with E-state index in [2.05, 4.69) is 235 Å². The second-order valence-corrected chi connectivity index (χ2v) is 16.0. The normalized spacial score (nSPS) is 11.5. The van der Waals surface area contributed by atoms with Crippen molar-refractivity contribution in [3.05, 3.63) is 237 Å². The van der Waals surface area contributed by atoms with E-state index in [0.717, 1.165) is 117 Å². The molecule has 2 aromatic heterocycles. The molecular formula is C60H39NO2. The summed E-state index contributed by atoms with van der Waals surface area (Å²) in [5.74, 6) is 0. The minimum absolute atomic E-state index is 0.834. The fourth-order valence-electron chi connectivity index (χ4n) is 9.29. The minimum Gasteiger partial charge on any atom is -0.456 e. The zero-order valence-corrected chi connectivity index (χ0v) is 34.3. The Morgan fingerprint density at radius 2 is 0.778 bits per heavy atom. The lowest BCUT2D eigenvalue weighted by Crippen LogP contribution is -2.13. The quantitative estimate of drug-likeness (QED) is 0.153. The Labute approximate surface area is 365 Å². The first-order valence-corrected chi connectivity index (χ1v) is 21.4. The summed E-state index contributed by atoms with van der Waals surface area (Å²) in [5.41, 5.74) is 17.6. The van der Waals surface area contributed by atoms with E-state index in [1.165, 1.54) is 0 Å². The van der Waals surface area contributed by atoms with Gasteiger partial charge in [-0.25, -0.2) is 0 Å². The third-order valence-corrected chi connectivity index (χ3v) is 12.3. The lowest BCUT2D eigenvalue weighted by Gasteiger charge is -2.31. The number of furan rings is 2. The van der Waals surface area contributed by atoms with Crippen LogP contribution < -0.4 is 4.90 Å². The van der Waals surface area contributed by atoms with Gasteiger partial charge in [-0.05, 0) is 93.5 Å². The molecule has 0 saturated carbocycles. The molecular weight excluding hydrogens is 767 g/mol. The summed E-state index contributed by atoms with van der Waals surface area (Å²) in [4.78, 5) is 2.46. The molecule has 0 spiro atoms. The molecule has 3 heteroatoms. The Hall–Kier alpha value is -8.40. The molecule has 0 radical (unpaired) electrons. The van der Waals surface area contributed by atoms with Crippen molar-refractivity contribution in [1.29, 1.82) is 0 Å². The Kier molecular flexibility index (Phi) is 8.83. The molecule has 12 rings (SSSR count). The molecule has 2 heterocycles. The lowest BCUT2D eigenvalue weighted by atomic mass is 9.93. The highest BCUT2D eigenvalue weighted by Gasteiger charge is 2.27. The summed E-state index contributed by atoms with van der Waals surface area (Å²) in [6.07, 6.45) is 0. The number of rotatable bonds is 8. The molecule has 0 fully saturated rings. The van der Waals surface area contributed by atoms with Gasteiger partial charge in [0, 0.05) is 38.5 Å². The highest BCUT2D eigenvalue weighted by molar-refractivity contribution is 6.19. The van der Waals surface area contributed by atoms with Gasteiger partial charge in [-0.2, -0.15) is 0 Å². The van der Waals surface area contributed by atoms with E-state index in [1.54, 1.807) is 0 Å². The maximum atomic E-state index is 7.11. The third kappa shape index (κ3) is 6.38. The Bertz CT molecular complexity index is 3540. The molecule has 3 nitrogen and oxygen atoms in total. The van der Waals surface area contributed by atoms with E-state index in [0.29, 0.717) is 0 Å². The van der Waals surface area contributed by atoms with E-state index in [9.17, 15) is 0 Å². The number of hydrogen-bond donors (Lipinski definition) is 0. The number of hydrogen-bond acceptors (Lipinski definition) is 3. The van der Waals surface area contributed by atoms with E-state index >= 15 is 0 Å². The van der Waals surface area contributed by atoms with Crippen LogP contribution >= 0.6 is 0 Å². The molecule has 0 saturated heterocycles. The van der Waals surface area contributed by atoms with Crippen LogP contribution in [-0.2, 0) is 0 Å². The predicted molar refractivity (Wildman–Crippen MR) is 263 cm³/mol. The summed E-state index contributed by atoms with van der Waals surface area (Å²) in [6.45, 7) is 0. The van der Waals surface area contributed by atoms with Crippen molar-refractivity contribution in [1.82, 2.24) is 0 Å². The van der Waals surface area contributed by atoms with Crippen LogP contribution in [0.2, 0.25) is 0 Å². The first kappa shape index (κ1) is 36.5. The summed E-state index contributed by atoms with van der Waals surface area (Å²) in [5, 5.41) is 4.20. The van der Waals surface area contributed by atoms with Crippen LogP contribution in [0, 0.1) is 0 Å². The summed E-state index contributed by atoms with van der Waals surface area (Å²) in [6, 6.07) is 84.0. The summed E-state index contributed by atoms with van der Waals surface area (Å²) in [7, 11) is 0. The molecule has 0 amide bonds. The Morgan fingerprint density at radius 3 is 1.33 bits per heavy atom. The maximum absolute atomic E-state index is 7.11. The van der Waals surface area contributed by atoms with E-state index < -0.39 is 0 Å². The predicted octanol–water partition coefficient (Wildman–Crippen LogP) is 17.3. The van der Waals surface area contributed by atoms with Crippen molar-refractivity contribution in [2.75, 3.05) is 4.90 Å². The topological polar surface area (TPSA) is 29.5 Å². The maximum Gasteiger partial charge on any atom is 0.145 e. The average molecular weight is 806 g/mol. The number of fused-ring (bicyclic) bond motifs is 6. The van der Waals surface area contributed by atoms with E-state index in [1.807, 2.05) is 6.07 Å². The van der Waals surface area contributed by atoms with Crippen molar-refractivity contribution in [3.63, 3.8) is 0 Å². The largest absolute Gasteiger partial charge is 0.456 e. The molecule has 296 valence electrons. The molecule has 12 aromatic rings. The first-order valence-electron chi connectivity index (χ1n) is 21.4. The molecule has 10 aromatic carbocycles. The number of benzene rings is 10. The molecule has 0 N–H and O–H groups in total. The Balaban J connectivity index is 1.18. The average Bonchev–Trinajstić information content (AvgIpc) is 3.93. The molecule has 0 unspecified atom stereocenters. The van der Waals surface area contributed by atoms with Gasteiger partial charge in [0.25, 0.3) is 0 Å². The van der Waals surface area contributed by atoms with Crippen LogP contribution in [-0.4, -0.2) is 0 Å². The zero-order chi connectivity index (χ0) is 41.7. The van der Waals surface area contributed by atoms with Gasteiger partial charge >= 0.3 is 0 Å². The molecule has 0 atom stereocenters. The molecule has 63 heavy (non-hydrogen) atoms. The van der Waals surface area contributed by atoms with Crippen molar-refractivity contribution in [2.24, 2.45) is 0 Å². The van der Waals surface area contributed by atoms with Gasteiger partial charge in [0.2, 0.25) is 0 Å².